The third kappa shape index (κ3) is 11.6. The molecule has 0 aliphatic carbocycles. The number of allylic oxidation sites excluding steroid dienone is 2. The zero-order valence-corrected chi connectivity index (χ0v) is 17.4. The second-order valence-electron chi connectivity index (χ2n) is 6.93. The second-order valence-corrected chi connectivity index (χ2v) is 6.93. The zero-order chi connectivity index (χ0) is 20.5. The average Bonchev–Trinajstić information content (AvgIpc) is 2.71. The molecular formula is C24H36O4. The molecule has 0 heterocycles. The number of aliphatic hydroxyl groups is 1. The molecule has 0 aliphatic heterocycles. The Morgan fingerprint density at radius 3 is 2.61 bits per heavy atom. The third-order valence-corrected chi connectivity index (χ3v) is 4.50. The number of carbonyl (C=O) groups is 1. The van der Waals surface area contributed by atoms with E-state index < -0.39 is 0 Å². The van der Waals surface area contributed by atoms with E-state index in [4.69, 9.17) is 4.74 Å². The van der Waals surface area contributed by atoms with Gasteiger partial charge in [-0.1, -0.05) is 88.0 Å². The van der Waals surface area contributed by atoms with E-state index in [1.54, 1.807) is 0 Å². The van der Waals surface area contributed by atoms with E-state index in [1.807, 2.05) is 48.6 Å². The van der Waals surface area contributed by atoms with Crippen LogP contribution in [0.1, 0.15) is 70.3 Å². The van der Waals surface area contributed by atoms with Crippen molar-refractivity contribution < 1.29 is 19.4 Å². The first-order valence-corrected chi connectivity index (χ1v) is 10.5. The first-order valence-electron chi connectivity index (χ1n) is 10.5. The van der Waals surface area contributed by atoms with Crippen LogP contribution in [0.5, 0.6) is 5.75 Å². The molecule has 1 atom stereocenters. The number of hydrogen-bond donors (Lipinski definition) is 1. The molecule has 0 aromatic heterocycles. The van der Waals surface area contributed by atoms with Crippen molar-refractivity contribution in [2.45, 2.75) is 70.8 Å². The Kier molecular flexibility index (Phi) is 13.6. The van der Waals surface area contributed by atoms with Gasteiger partial charge in [0, 0.05) is 12.0 Å². The minimum Gasteiger partial charge on any atom is -0.493 e. The van der Waals surface area contributed by atoms with Crippen molar-refractivity contribution in [3.8, 4) is 5.75 Å². The number of para-hydroxylation sites is 1. The molecule has 4 nitrogen and oxygen atoms in total. The maximum Gasteiger partial charge on any atom is 0.305 e. The van der Waals surface area contributed by atoms with E-state index >= 15 is 0 Å². The van der Waals surface area contributed by atoms with E-state index in [9.17, 15) is 9.90 Å². The molecule has 0 bridgehead atoms. The van der Waals surface area contributed by atoms with Gasteiger partial charge in [-0.3, -0.25) is 4.79 Å². The summed E-state index contributed by atoms with van der Waals surface area (Å²) in [5.74, 6) is 0.561. The Hall–Kier alpha value is -2.07. The van der Waals surface area contributed by atoms with Gasteiger partial charge in [0.2, 0.25) is 0 Å². The van der Waals surface area contributed by atoms with Gasteiger partial charge in [-0.25, -0.2) is 0 Å². The van der Waals surface area contributed by atoms with Crippen LogP contribution in [0.2, 0.25) is 0 Å². The van der Waals surface area contributed by atoms with Crippen LogP contribution < -0.4 is 4.74 Å². The zero-order valence-electron chi connectivity index (χ0n) is 17.4. The maximum atomic E-state index is 11.1. The number of aliphatic hydroxyl groups excluding tert-OH is 1. The van der Waals surface area contributed by atoms with E-state index in [1.165, 1.54) is 39.2 Å². The van der Waals surface area contributed by atoms with E-state index in [-0.39, 0.29) is 12.1 Å². The lowest BCUT2D eigenvalue weighted by Crippen LogP contribution is -2.05. The molecule has 1 rings (SSSR count). The summed E-state index contributed by atoms with van der Waals surface area (Å²) >= 11 is 0. The fraction of sp³-hybridized carbons (Fsp3) is 0.542. The Labute approximate surface area is 170 Å². The number of methoxy groups -OCH3 is 1. The van der Waals surface area contributed by atoms with Crippen molar-refractivity contribution in [1.82, 2.24) is 0 Å². The molecular weight excluding hydrogens is 352 g/mol. The highest BCUT2D eigenvalue weighted by Gasteiger charge is 2.03. The summed E-state index contributed by atoms with van der Waals surface area (Å²) < 4.78 is 10.4. The number of carbonyl (C=O) groups excluding carboxylic acids is 1. The minimum absolute atomic E-state index is 0.221. The van der Waals surface area contributed by atoms with Crippen molar-refractivity contribution in [3.05, 3.63) is 48.1 Å². The van der Waals surface area contributed by atoms with Gasteiger partial charge in [0.25, 0.3) is 0 Å². The maximum absolute atomic E-state index is 11.1. The fourth-order valence-electron chi connectivity index (χ4n) is 2.83. The molecule has 0 amide bonds. The number of benzene rings is 1. The molecule has 0 aliphatic rings. The number of ether oxygens (including phenoxy) is 2. The molecule has 0 saturated carbocycles. The minimum atomic E-state index is -0.388. The topological polar surface area (TPSA) is 55.8 Å². The van der Waals surface area contributed by atoms with Crippen molar-refractivity contribution >= 4 is 12.0 Å². The second kappa shape index (κ2) is 15.9. The van der Waals surface area contributed by atoms with Gasteiger partial charge in [0.15, 0.2) is 0 Å². The number of hydrogen-bond acceptors (Lipinski definition) is 4. The predicted molar refractivity (Wildman–Crippen MR) is 115 cm³/mol. The summed E-state index contributed by atoms with van der Waals surface area (Å²) in [5.41, 5.74) is 0.968. The number of rotatable bonds is 15. The molecule has 1 aromatic carbocycles. The lowest BCUT2D eigenvalue weighted by atomic mass is 10.1. The molecule has 0 saturated heterocycles. The predicted octanol–water partition coefficient (Wildman–Crippen LogP) is 5.70. The highest BCUT2D eigenvalue weighted by molar-refractivity contribution is 5.69. The van der Waals surface area contributed by atoms with E-state index in [0.29, 0.717) is 19.4 Å². The Balaban J connectivity index is 2.34. The number of esters is 1. The summed E-state index contributed by atoms with van der Waals surface area (Å²) in [6, 6.07) is 7.77. The molecule has 1 unspecified atom stereocenters. The van der Waals surface area contributed by atoms with Crippen molar-refractivity contribution in [2.24, 2.45) is 0 Å². The molecule has 1 N–H and O–H groups in total. The monoisotopic (exact) mass is 388 g/mol. The lowest BCUT2D eigenvalue weighted by molar-refractivity contribution is -0.140. The Bertz CT molecular complexity index is 592. The normalized spacial score (nSPS) is 12.5. The summed E-state index contributed by atoms with van der Waals surface area (Å²) in [6.07, 6.45) is 16.4. The van der Waals surface area contributed by atoms with Gasteiger partial charge < -0.3 is 14.6 Å². The van der Waals surface area contributed by atoms with E-state index in [0.717, 1.165) is 24.2 Å². The van der Waals surface area contributed by atoms with Crippen LogP contribution in [0.3, 0.4) is 0 Å². The average molecular weight is 389 g/mol. The van der Waals surface area contributed by atoms with Gasteiger partial charge >= 0.3 is 5.97 Å². The summed E-state index contributed by atoms with van der Waals surface area (Å²) in [7, 11) is 1.39. The quantitative estimate of drug-likeness (QED) is 0.238. The van der Waals surface area contributed by atoms with Gasteiger partial charge in [0.1, 0.15) is 5.75 Å². The van der Waals surface area contributed by atoms with Gasteiger partial charge in [0.05, 0.1) is 19.8 Å². The molecule has 0 spiro atoms. The molecule has 156 valence electrons. The molecule has 0 radical (unpaired) electrons. The first kappa shape index (κ1) is 24.0. The van der Waals surface area contributed by atoms with Crippen LogP contribution in [-0.4, -0.2) is 30.9 Å². The van der Waals surface area contributed by atoms with Crippen LogP contribution in [0.25, 0.3) is 6.08 Å². The molecule has 1 aromatic rings. The van der Waals surface area contributed by atoms with Crippen LogP contribution in [0.15, 0.2) is 42.5 Å². The Morgan fingerprint density at radius 1 is 1.07 bits per heavy atom. The Morgan fingerprint density at radius 2 is 1.82 bits per heavy atom. The SMILES string of the molecule is CCCCCCCCC(O)C=CC=Cc1ccccc1OCCCC(=O)OC. The lowest BCUT2D eigenvalue weighted by Gasteiger charge is -2.08. The van der Waals surface area contributed by atoms with Crippen molar-refractivity contribution in [3.63, 3.8) is 0 Å². The summed E-state index contributed by atoms with van der Waals surface area (Å²) in [4.78, 5) is 11.1. The van der Waals surface area contributed by atoms with Gasteiger partial charge in [-0.2, -0.15) is 0 Å². The van der Waals surface area contributed by atoms with Gasteiger partial charge in [-0.05, 0) is 18.9 Å². The summed E-state index contributed by atoms with van der Waals surface area (Å²) in [5, 5.41) is 10.0. The van der Waals surface area contributed by atoms with Crippen molar-refractivity contribution in [2.75, 3.05) is 13.7 Å². The van der Waals surface area contributed by atoms with Crippen LogP contribution in [0, 0.1) is 0 Å². The third-order valence-electron chi connectivity index (χ3n) is 4.50. The van der Waals surface area contributed by atoms with Gasteiger partial charge in [-0.15, -0.1) is 0 Å². The van der Waals surface area contributed by atoms with Crippen LogP contribution >= 0.6 is 0 Å². The first-order chi connectivity index (χ1) is 13.7. The van der Waals surface area contributed by atoms with E-state index in [2.05, 4.69) is 11.7 Å². The van der Waals surface area contributed by atoms with Crippen LogP contribution in [-0.2, 0) is 9.53 Å². The highest BCUT2D eigenvalue weighted by Crippen LogP contribution is 2.20. The smallest absolute Gasteiger partial charge is 0.305 e. The molecule has 4 heteroatoms. The fourth-order valence-corrected chi connectivity index (χ4v) is 2.83. The highest BCUT2D eigenvalue weighted by atomic mass is 16.5. The summed E-state index contributed by atoms with van der Waals surface area (Å²) in [6.45, 7) is 2.69. The number of unbranched alkanes of at least 4 members (excludes halogenated alkanes) is 5. The van der Waals surface area contributed by atoms with Crippen LogP contribution in [0.4, 0.5) is 0 Å². The standard InChI is InChI=1S/C24H36O4/c1-3-4-5-6-7-8-16-22(25)17-11-9-14-21-15-10-12-18-23(21)28-20-13-19-24(26)27-2/h9-12,14-15,17-18,22,25H,3-8,13,16,19-20H2,1-2H3. The largest absolute Gasteiger partial charge is 0.493 e. The molecule has 28 heavy (non-hydrogen) atoms. The van der Waals surface area contributed by atoms with Crippen molar-refractivity contribution in [1.29, 1.82) is 0 Å². The molecule has 0 fully saturated rings.